The van der Waals surface area contributed by atoms with Crippen molar-refractivity contribution in [2.45, 2.75) is 57.5 Å². The third-order valence-corrected chi connectivity index (χ3v) is 6.66. The van der Waals surface area contributed by atoms with E-state index >= 15 is 0 Å². The van der Waals surface area contributed by atoms with Gasteiger partial charge in [0.05, 0.1) is 4.90 Å². The van der Waals surface area contributed by atoms with Crippen LogP contribution in [0.4, 0.5) is 11.5 Å². The number of amides is 1. The fourth-order valence-corrected chi connectivity index (χ4v) is 4.23. The lowest BCUT2D eigenvalue weighted by atomic mass is 9.98. The molecule has 8 nitrogen and oxygen atoms in total. The average Bonchev–Trinajstić information content (AvgIpc) is 3.21. The Morgan fingerprint density at radius 1 is 1.09 bits per heavy atom. The summed E-state index contributed by atoms with van der Waals surface area (Å²) in [7, 11) is -3.83. The second-order valence-corrected chi connectivity index (χ2v) is 9.49. The van der Waals surface area contributed by atoms with E-state index in [-0.39, 0.29) is 16.6 Å². The van der Waals surface area contributed by atoms with E-state index in [0.29, 0.717) is 29.5 Å². The van der Waals surface area contributed by atoms with Crippen molar-refractivity contribution in [3.63, 3.8) is 0 Å². The van der Waals surface area contributed by atoms with Crippen LogP contribution < -0.4 is 14.8 Å². The summed E-state index contributed by atoms with van der Waals surface area (Å²) in [5.41, 5.74) is 1.53. The molecule has 2 N–H and O–H groups in total. The maximum absolute atomic E-state index is 12.8. The van der Waals surface area contributed by atoms with E-state index in [2.05, 4.69) is 29.0 Å². The van der Waals surface area contributed by atoms with Gasteiger partial charge in [0.15, 0.2) is 11.9 Å². The molecule has 176 valence electrons. The van der Waals surface area contributed by atoms with E-state index in [4.69, 9.17) is 9.26 Å². The highest BCUT2D eigenvalue weighted by Crippen LogP contribution is 2.29. The lowest BCUT2D eigenvalue weighted by Crippen LogP contribution is -2.32. The number of para-hydroxylation sites is 1. The van der Waals surface area contributed by atoms with Gasteiger partial charge >= 0.3 is 0 Å². The second kappa shape index (κ2) is 10.5. The minimum Gasteiger partial charge on any atom is -0.480 e. The Labute approximate surface area is 194 Å². The van der Waals surface area contributed by atoms with Crippen molar-refractivity contribution in [1.29, 1.82) is 0 Å². The van der Waals surface area contributed by atoms with Crippen molar-refractivity contribution in [1.82, 2.24) is 5.16 Å². The van der Waals surface area contributed by atoms with Crippen LogP contribution in [0.25, 0.3) is 0 Å². The van der Waals surface area contributed by atoms with Crippen molar-refractivity contribution in [2.75, 3.05) is 10.0 Å². The summed E-state index contributed by atoms with van der Waals surface area (Å²) < 4.78 is 38.3. The molecule has 2 atom stereocenters. The molecule has 0 aliphatic carbocycles. The number of nitrogens with zero attached hydrogens (tertiary/aromatic N) is 1. The number of rotatable bonds is 10. The van der Waals surface area contributed by atoms with Gasteiger partial charge in [-0.1, -0.05) is 44.1 Å². The number of aryl methyl sites for hydroxylation is 1. The van der Waals surface area contributed by atoms with Crippen molar-refractivity contribution < 1.29 is 22.5 Å². The zero-order valence-corrected chi connectivity index (χ0v) is 20.0. The summed E-state index contributed by atoms with van der Waals surface area (Å²) in [6.07, 6.45) is 0.758. The van der Waals surface area contributed by atoms with Gasteiger partial charge in [-0.05, 0) is 61.6 Å². The molecule has 1 amide bonds. The van der Waals surface area contributed by atoms with Crippen molar-refractivity contribution in [2.24, 2.45) is 0 Å². The Bertz CT molecular complexity index is 1190. The average molecular weight is 472 g/mol. The number of benzene rings is 2. The summed E-state index contributed by atoms with van der Waals surface area (Å²) >= 11 is 0. The molecule has 9 heteroatoms. The van der Waals surface area contributed by atoms with E-state index in [9.17, 15) is 13.2 Å². The molecule has 0 spiro atoms. The fourth-order valence-electron chi connectivity index (χ4n) is 3.24. The predicted octanol–water partition coefficient (Wildman–Crippen LogP) is 5.09. The van der Waals surface area contributed by atoms with Gasteiger partial charge in [0.2, 0.25) is 0 Å². The topological polar surface area (TPSA) is 111 Å². The predicted molar refractivity (Wildman–Crippen MR) is 127 cm³/mol. The van der Waals surface area contributed by atoms with E-state index in [1.807, 2.05) is 31.2 Å². The normalized spacial score (nSPS) is 13.2. The minimum atomic E-state index is -3.83. The van der Waals surface area contributed by atoms with E-state index < -0.39 is 16.1 Å². The van der Waals surface area contributed by atoms with Gasteiger partial charge in [-0.25, -0.2) is 8.42 Å². The first-order valence-electron chi connectivity index (χ1n) is 10.9. The summed E-state index contributed by atoms with van der Waals surface area (Å²) in [5.74, 6) is 1.30. The number of aromatic nitrogens is 1. The molecule has 33 heavy (non-hydrogen) atoms. The molecule has 3 aromatic rings. The standard InChI is InChI=1S/C24H29N3O5S/c1-5-16(3)20-9-7-8-10-22(20)31-21(6-2)24(28)25-18-11-13-19(14-12-18)33(29,30)27-23-15-17(4)32-26-23/h7-16,21H,5-6H2,1-4H3,(H,25,28)(H,26,27). The zero-order valence-electron chi connectivity index (χ0n) is 19.2. The highest BCUT2D eigenvalue weighted by molar-refractivity contribution is 7.92. The van der Waals surface area contributed by atoms with Crippen LogP contribution in [0.3, 0.4) is 0 Å². The van der Waals surface area contributed by atoms with Gasteiger partial charge in [-0.15, -0.1) is 0 Å². The van der Waals surface area contributed by atoms with Crippen LogP contribution in [0.15, 0.2) is 64.0 Å². The Kier molecular flexibility index (Phi) is 7.75. The van der Waals surface area contributed by atoms with E-state index in [1.165, 1.54) is 30.3 Å². The van der Waals surface area contributed by atoms with Crippen molar-refractivity contribution in [3.05, 3.63) is 65.9 Å². The summed E-state index contributed by atoms with van der Waals surface area (Å²) in [4.78, 5) is 12.9. The smallest absolute Gasteiger partial charge is 0.265 e. The van der Waals surface area contributed by atoms with Crippen LogP contribution in [0, 0.1) is 6.92 Å². The maximum Gasteiger partial charge on any atom is 0.265 e. The van der Waals surface area contributed by atoms with E-state index in [0.717, 1.165) is 12.0 Å². The van der Waals surface area contributed by atoms with Crippen LogP contribution in [0.1, 0.15) is 50.9 Å². The molecule has 1 aromatic heterocycles. The largest absolute Gasteiger partial charge is 0.480 e. The van der Waals surface area contributed by atoms with Crippen LogP contribution in [0.2, 0.25) is 0 Å². The number of hydrogen-bond donors (Lipinski definition) is 2. The number of hydrogen-bond acceptors (Lipinski definition) is 6. The van der Waals surface area contributed by atoms with Crippen molar-refractivity contribution in [3.8, 4) is 5.75 Å². The summed E-state index contributed by atoms with van der Waals surface area (Å²) in [6.45, 7) is 7.77. The van der Waals surface area contributed by atoms with Crippen LogP contribution in [-0.4, -0.2) is 25.6 Å². The minimum absolute atomic E-state index is 0.0342. The Morgan fingerprint density at radius 3 is 2.39 bits per heavy atom. The first-order valence-corrected chi connectivity index (χ1v) is 12.3. The number of carbonyl (C=O) groups excluding carboxylic acids is 1. The lowest BCUT2D eigenvalue weighted by Gasteiger charge is -2.21. The molecule has 2 unspecified atom stereocenters. The highest BCUT2D eigenvalue weighted by Gasteiger charge is 2.22. The van der Waals surface area contributed by atoms with Crippen molar-refractivity contribution >= 4 is 27.4 Å². The molecular weight excluding hydrogens is 442 g/mol. The number of carbonyl (C=O) groups is 1. The Hall–Kier alpha value is -3.33. The van der Waals surface area contributed by atoms with E-state index in [1.54, 1.807) is 6.92 Å². The number of anilines is 2. The molecule has 1 heterocycles. The van der Waals surface area contributed by atoms with Gasteiger partial charge in [0, 0.05) is 11.8 Å². The lowest BCUT2D eigenvalue weighted by molar-refractivity contribution is -0.122. The SMILES string of the molecule is CCC(Oc1ccccc1C(C)CC)C(=O)Nc1ccc(S(=O)(=O)Nc2cc(C)on2)cc1. The number of nitrogens with one attached hydrogen (secondary N) is 2. The zero-order chi connectivity index (χ0) is 24.0. The molecular formula is C24H29N3O5S. The third-order valence-electron chi connectivity index (χ3n) is 5.29. The molecule has 0 saturated heterocycles. The molecule has 2 aromatic carbocycles. The van der Waals surface area contributed by atoms with Crippen LogP contribution in [0.5, 0.6) is 5.75 Å². The fraction of sp³-hybridized carbons (Fsp3) is 0.333. The quantitative estimate of drug-likeness (QED) is 0.426. The Morgan fingerprint density at radius 2 is 1.79 bits per heavy atom. The van der Waals surface area contributed by atoms with Gasteiger partial charge in [-0.3, -0.25) is 9.52 Å². The number of sulfonamides is 1. The first kappa shape index (κ1) is 24.3. The second-order valence-electron chi connectivity index (χ2n) is 7.80. The third kappa shape index (κ3) is 6.13. The molecule has 0 saturated carbocycles. The number of ether oxygens (including phenoxy) is 1. The molecule has 0 aliphatic rings. The summed E-state index contributed by atoms with van der Waals surface area (Å²) in [5, 5.41) is 6.43. The Balaban J connectivity index is 1.68. The molecule has 0 fully saturated rings. The molecule has 0 bridgehead atoms. The summed E-state index contributed by atoms with van der Waals surface area (Å²) in [6, 6.07) is 15.1. The molecule has 0 aliphatic heterocycles. The monoisotopic (exact) mass is 471 g/mol. The maximum atomic E-state index is 12.8. The van der Waals surface area contributed by atoms with Gasteiger partial charge in [-0.2, -0.15) is 0 Å². The van der Waals surface area contributed by atoms with Crippen LogP contribution in [-0.2, 0) is 14.8 Å². The van der Waals surface area contributed by atoms with Crippen LogP contribution >= 0.6 is 0 Å². The van der Waals surface area contributed by atoms with Gasteiger partial charge in [0.1, 0.15) is 11.5 Å². The molecule has 3 rings (SSSR count). The van der Waals surface area contributed by atoms with Gasteiger partial charge in [0.25, 0.3) is 15.9 Å². The van der Waals surface area contributed by atoms with Gasteiger partial charge < -0.3 is 14.6 Å². The molecule has 0 radical (unpaired) electrons. The first-order chi connectivity index (χ1) is 15.7. The highest BCUT2D eigenvalue weighted by atomic mass is 32.2.